The summed E-state index contributed by atoms with van der Waals surface area (Å²) < 4.78 is 7.16. The summed E-state index contributed by atoms with van der Waals surface area (Å²) >= 11 is 1.80. The van der Waals surface area contributed by atoms with E-state index in [1.807, 2.05) is 60.7 Å². The van der Waals surface area contributed by atoms with Gasteiger partial charge in [0.1, 0.15) is 5.75 Å². The van der Waals surface area contributed by atoms with E-state index in [1.54, 1.807) is 11.8 Å². The third-order valence-electron chi connectivity index (χ3n) is 9.17. The van der Waals surface area contributed by atoms with Gasteiger partial charge in [0.25, 0.3) is 0 Å². The van der Waals surface area contributed by atoms with Crippen LogP contribution in [0.25, 0.3) is 34.2 Å². The van der Waals surface area contributed by atoms with E-state index in [2.05, 4.69) is 104 Å². The van der Waals surface area contributed by atoms with E-state index in [4.69, 9.17) is 19.7 Å². The Morgan fingerprint density at radius 2 is 0.958 bits per heavy atom. The number of aromatic nitrogens is 3. The van der Waals surface area contributed by atoms with Gasteiger partial charge < -0.3 is 9.64 Å². The van der Waals surface area contributed by atoms with Crippen LogP contribution < -0.4 is 9.64 Å². The summed E-state index contributed by atoms with van der Waals surface area (Å²) in [6, 6.07) is 50.1. The highest BCUT2D eigenvalue weighted by atomic mass is 32.2. The summed E-state index contributed by atoms with van der Waals surface area (Å²) in [6.45, 7) is 4.54. The summed E-state index contributed by atoms with van der Waals surface area (Å²) in [7, 11) is 0. The topological polar surface area (TPSA) is 51.1 Å². The number of para-hydroxylation sites is 4. The van der Waals surface area contributed by atoms with Crippen molar-refractivity contribution in [1.29, 1.82) is 0 Å². The predicted molar refractivity (Wildman–Crippen MR) is 194 cm³/mol. The van der Waals surface area contributed by atoms with Gasteiger partial charge in [-0.1, -0.05) is 135 Å². The maximum atomic E-state index is 7.16. The van der Waals surface area contributed by atoms with E-state index < -0.39 is 0 Å². The maximum Gasteiger partial charge on any atom is 0.167 e. The quantitative estimate of drug-likeness (QED) is 0.191. The lowest BCUT2D eigenvalue weighted by molar-refractivity contribution is 0.420. The van der Waals surface area contributed by atoms with Gasteiger partial charge in [-0.05, 0) is 36.4 Å². The van der Waals surface area contributed by atoms with Crippen LogP contribution in [0.1, 0.15) is 25.0 Å². The summed E-state index contributed by atoms with van der Waals surface area (Å²) in [6.07, 6.45) is 0. The standard InChI is InChI=1S/C42H30N4OS/c1-42(2)30-20-13-19-29(41-44-39(27-15-5-3-6-16-27)43-40(45-41)28-17-7-4-8-18-28)37(30)47-38-31(42)21-14-24-34(38)46-32-22-9-11-25-35(32)48-36-26-12-10-23-33(36)46/h3-26H,1-2H3. The van der Waals surface area contributed by atoms with Crippen LogP contribution in [0.3, 0.4) is 0 Å². The van der Waals surface area contributed by atoms with Crippen molar-refractivity contribution in [3.8, 4) is 45.7 Å². The highest BCUT2D eigenvalue weighted by molar-refractivity contribution is 7.99. The molecule has 7 aromatic rings. The van der Waals surface area contributed by atoms with Crippen LogP contribution in [-0.2, 0) is 5.41 Å². The molecule has 0 saturated heterocycles. The molecule has 2 aliphatic heterocycles. The Balaban J connectivity index is 1.25. The van der Waals surface area contributed by atoms with Crippen molar-refractivity contribution in [2.75, 3.05) is 4.90 Å². The lowest BCUT2D eigenvalue weighted by atomic mass is 9.75. The molecule has 0 unspecified atom stereocenters. The molecule has 6 heteroatoms. The van der Waals surface area contributed by atoms with E-state index in [1.165, 1.54) is 9.79 Å². The van der Waals surface area contributed by atoms with E-state index in [-0.39, 0.29) is 5.41 Å². The Kier molecular flexibility index (Phi) is 6.66. The van der Waals surface area contributed by atoms with Gasteiger partial charge >= 0.3 is 0 Å². The fourth-order valence-corrected chi connectivity index (χ4v) is 7.81. The average Bonchev–Trinajstić information content (AvgIpc) is 3.14. The fraction of sp³-hybridized carbons (Fsp3) is 0.0714. The zero-order valence-electron chi connectivity index (χ0n) is 26.5. The van der Waals surface area contributed by atoms with Crippen LogP contribution in [0.15, 0.2) is 155 Å². The highest BCUT2D eigenvalue weighted by Crippen LogP contribution is 2.58. The predicted octanol–water partition coefficient (Wildman–Crippen LogP) is 11.2. The molecular formula is C42H30N4OS. The number of fused-ring (bicyclic) bond motifs is 4. The smallest absolute Gasteiger partial charge is 0.167 e. The first-order valence-corrected chi connectivity index (χ1v) is 16.9. The van der Waals surface area contributed by atoms with E-state index in [0.717, 1.165) is 56.4 Å². The molecule has 0 amide bonds. The molecule has 3 heterocycles. The number of nitrogens with zero attached hydrogens (tertiary/aromatic N) is 4. The molecular weight excluding hydrogens is 609 g/mol. The summed E-state index contributed by atoms with van der Waals surface area (Å²) in [5.41, 5.74) is 7.79. The molecule has 0 spiro atoms. The third-order valence-corrected chi connectivity index (χ3v) is 10.3. The van der Waals surface area contributed by atoms with Gasteiger partial charge in [0.05, 0.1) is 22.6 Å². The monoisotopic (exact) mass is 638 g/mol. The molecule has 48 heavy (non-hydrogen) atoms. The van der Waals surface area contributed by atoms with E-state index in [9.17, 15) is 0 Å². The highest BCUT2D eigenvalue weighted by Gasteiger charge is 2.39. The van der Waals surface area contributed by atoms with Gasteiger partial charge in [-0.15, -0.1) is 0 Å². The first-order valence-electron chi connectivity index (χ1n) is 16.0. The Hall–Kier alpha value is -5.72. The first kappa shape index (κ1) is 28.5. The van der Waals surface area contributed by atoms with Crippen LogP contribution in [0.2, 0.25) is 0 Å². The summed E-state index contributed by atoms with van der Waals surface area (Å²) in [4.78, 5) is 19.8. The van der Waals surface area contributed by atoms with E-state index in [0.29, 0.717) is 17.5 Å². The minimum absolute atomic E-state index is 0.365. The zero-order chi connectivity index (χ0) is 32.2. The second-order valence-electron chi connectivity index (χ2n) is 12.5. The minimum atomic E-state index is -0.365. The van der Waals surface area contributed by atoms with Crippen molar-refractivity contribution >= 4 is 28.8 Å². The second-order valence-corrected chi connectivity index (χ2v) is 13.6. The van der Waals surface area contributed by atoms with Gasteiger partial charge in [0.2, 0.25) is 0 Å². The second kappa shape index (κ2) is 11.2. The molecule has 5 nitrogen and oxygen atoms in total. The van der Waals surface area contributed by atoms with Crippen molar-refractivity contribution in [2.45, 2.75) is 29.1 Å². The first-order chi connectivity index (χ1) is 23.6. The SMILES string of the molecule is CC1(C)c2cccc(-c3nc(-c4ccccc4)nc(-c4ccccc4)n3)c2Oc2c(N3c4ccccc4Sc4ccccc43)cccc21. The summed E-state index contributed by atoms with van der Waals surface area (Å²) in [5.74, 6) is 3.40. The lowest BCUT2D eigenvalue weighted by Crippen LogP contribution is -2.26. The Morgan fingerprint density at radius 1 is 0.479 bits per heavy atom. The largest absolute Gasteiger partial charge is 0.454 e. The Labute approximate surface area is 284 Å². The molecule has 6 aromatic carbocycles. The molecule has 0 radical (unpaired) electrons. The van der Waals surface area contributed by atoms with Crippen LogP contribution >= 0.6 is 11.8 Å². The van der Waals surface area contributed by atoms with E-state index >= 15 is 0 Å². The van der Waals surface area contributed by atoms with Gasteiger partial charge in [-0.3, -0.25) is 0 Å². The maximum absolute atomic E-state index is 7.16. The molecule has 0 saturated carbocycles. The van der Waals surface area contributed by atoms with Crippen LogP contribution in [0, 0.1) is 0 Å². The number of hydrogen-bond donors (Lipinski definition) is 0. The van der Waals surface area contributed by atoms with Gasteiger partial charge in [-0.25, -0.2) is 15.0 Å². The number of ether oxygens (including phenoxy) is 1. The zero-order valence-corrected chi connectivity index (χ0v) is 27.3. The average molecular weight is 639 g/mol. The van der Waals surface area contributed by atoms with Crippen LogP contribution in [0.4, 0.5) is 17.1 Å². The Bertz CT molecular complexity index is 2240. The van der Waals surface area contributed by atoms with Gasteiger partial charge in [-0.2, -0.15) is 0 Å². The molecule has 9 rings (SSSR count). The molecule has 230 valence electrons. The van der Waals surface area contributed by atoms with Crippen molar-refractivity contribution in [3.05, 3.63) is 157 Å². The number of hydrogen-bond acceptors (Lipinski definition) is 6. The van der Waals surface area contributed by atoms with Crippen LogP contribution in [-0.4, -0.2) is 15.0 Å². The van der Waals surface area contributed by atoms with Crippen molar-refractivity contribution in [2.24, 2.45) is 0 Å². The lowest BCUT2D eigenvalue weighted by Gasteiger charge is -2.39. The molecule has 1 aromatic heterocycles. The van der Waals surface area contributed by atoms with Crippen LogP contribution in [0.5, 0.6) is 11.5 Å². The molecule has 0 bridgehead atoms. The van der Waals surface area contributed by atoms with Crippen molar-refractivity contribution in [3.63, 3.8) is 0 Å². The fourth-order valence-electron chi connectivity index (χ4n) is 6.76. The van der Waals surface area contributed by atoms with Gasteiger partial charge in [0.15, 0.2) is 23.2 Å². The van der Waals surface area contributed by atoms with Crippen molar-refractivity contribution < 1.29 is 4.74 Å². The summed E-state index contributed by atoms with van der Waals surface area (Å²) in [5, 5.41) is 0. The number of rotatable bonds is 4. The normalized spacial score (nSPS) is 13.8. The molecule has 2 aliphatic rings. The minimum Gasteiger partial charge on any atom is -0.454 e. The third kappa shape index (κ3) is 4.60. The van der Waals surface area contributed by atoms with Gasteiger partial charge in [0, 0.05) is 37.5 Å². The van der Waals surface area contributed by atoms with Crippen molar-refractivity contribution in [1.82, 2.24) is 15.0 Å². The molecule has 0 atom stereocenters. The molecule has 0 N–H and O–H groups in total. The molecule has 0 aliphatic carbocycles. The Morgan fingerprint density at radius 3 is 1.56 bits per heavy atom. The number of anilines is 3. The number of benzene rings is 6. The molecule has 0 fully saturated rings.